The number of hydrogen-bond donors (Lipinski definition) is 1. The molecule has 0 radical (unpaired) electrons. The van der Waals surface area contributed by atoms with Gasteiger partial charge < -0.3 is 9.84 Å². The topological polar surface area (TPSA) is 62.7 Å². The first kappa shape index (κ1) is 13.0. The Kier molecular flexibility index (Phi) is 4.28. The summed E-state index contributed by atoms with van der Waals surface area (Å²) in [6.07, 6.45) is 3.65. The highest BCUT2D eigenvalue weighted by molar-refractivity contribution is 5.67. The summed E-state index contributed by atoms with van der Waals surface area (Å²) in [4.78, 5) is 17.1. The van der Waals surface area contributed by atoms with Crippen LogP contribution in [0.1, 0.15) is 24.9 Å². The van der Waals surface area contributed by atoms with Crippen molar-refractivity contribution in [2.24, 2.45) is 0 Å². The molecule has 2 unspecified atom stereocenters. The summed E-state index contributed by atoms with van der Waals surface area (Å²) in [6.45, 7) is 4.00. The maximum atomic E-state index is 10.9. The first-order valence-electron chi connectivity index (χ1n) is 6.13. The second kappa shape index (κ2) is 5.93. The predicted octanol–water partition coefficient (Wildman–Crippen LogP) is 1.32. The molecule has 2 heterocycles. The van der Waals surface area contributed by atoms with E-state index in [0.717, 1.165) is 12.1 Å². The molecule has 0 aromatic carbocycles. The Labute approximate surface area is 106 Å². The lowest BCUT2D eigenvalue weighted by Crippen LogP contribution is -2.47. The van der Waals surface area contributed by atoms with Gasteiger partial charge in [-0.25, -0.2) is 0 Å². The summed E-state index contributed by atoms with van der Waals surface area (Å²) in [5, 5.41) is 8.94. The number of hydrogen-bond acceptors (Lipinski definition) is 4. The van der Waals surface area contributed by atoms with E-state index in [1.165, 1.54) is 0 Å². The van der Waals surface area contributed by atoms with E-state index in [0.29, 0.717) is 13.2 Å². The van der Waals surface area contributed by atoms with E-state index in [2.05, 4.69) is 16.8 Å². The fourth-order valence-corrected chi connectivity index (χ4v) is 2.39. The molecule has 18 heavy (non-hydrogen) atoms. The molecule has 5 heteroatoms. The highest BCUT2D eigenvalue weighted by atomic mass is 16.5. The quantitative estimate of drug-likeness (QED) is 0.873. The molecule has 1 aliphatic rings. The zero-order valence-electron chi connectivity index (χ0n) is 10.5. The van der Waals surface area contributed by atoms with Crippen LogP contribution in [-0.4, -0.2) is 46.8 Å². The van der Waals surface area contributed by atoms with Crippen molar-refractivity contribution in [3.63, 3.8) is 0 Å². The first-order valence-corrected chi connectivity index (χ1v) is 6.13. The number of morpholine rings is 1. The number of aromatic nitrogens is 1. The zero-order chi connectivity index (χ0) is 13.0. The lowest BCUT2D eigenvalue weighted by Gasteiger charge is -2.39. The van der Waals surface area contributed by atoms with Crippen LogP contribution in [0, 0.1) is 0 Å². The number of rotatable bonds is 4. The maximum absolute atomic E-state index is 10.9. The van der Waals surface area contributed by atoms with Gasteiger partial charge in [0, 0.05) is 31.0 Å². The lowest BCUT2D eigenvalue weighted by atomic mass is 10.0. The van der Waals surface area contributed by atoms with Crippen LogP contribution in [0.5, 0.6) is 0 Å². The number of aliphatic carboxylic acids is 1. The monoisotopic (exact) mass is 250 g/mol. The Hall–Kier alpha value is -1.46. The number of carbonyl (C=O) groups is 1. The number of nitrogens with zero attached hydrogens (tertiary/aromatic N) is 2. The van der Waals surface area contributed by atoms with Crippen LogP contribution < -0.4 is 0 Å². The van der Waals surface area contributed by atoms with Gasteiger partial charge in [-0.3, -0.25) is 14.7 Å². The normalized spacial score (nSPS) is 22.6. The number of carboxylic acids is 1. The molecule has 2 rings (SSSR count). The van der Waals surface area contributed by atoms with Gasteiger partial charge in [-0.2, -0.15) is 0 Å². The second-order valence-corrected chi connectivity index (χ2v) is 4.52. The van der Waals surface area contributed by atoms with Crippen molar-refractivity contribution < 1.29 is 14.6 Å². The van der Waals surface area contributed by atoms with Crippen LogP contribution in [0.3, 0.4) is 0 Å². The number of carboxylic acid groups (broad SMARTS) is 1. The van der Waals surface area contributed by atoms with Crippen molar-refractivity contribution >= 4 is 5.97 Å². The van der Waals surface area contributed by atoms with Crippen molar-refractivity contribution in [3.05, 3.63) is 30.1 Å². The van der Waals surface area contributed by atoms with Crippen molar-refractivity contribution in [2.45, 2.75) is 25.4 Å². The van der Waals surface area contributed by atoms with Crippen molar-refractivity contribution in [2.75, 3.05) is 19.8 Å². The molecule has 1 aliphatic heterocycles. The average molecular weight is 250 g/mol. The van der Waals surface area contributed by atoms with Gasteiger partial charge in [0.2, 0.25) is 0 Å². The molecule has 0 aliphatic carbocycles. The predicted molar refractivity (Wildman–Crippen MR) is 66.2 cm³/mol. The van der Waals surface area contributed by atoms with Gasteiger partial charge in [-0.1, -0.05) is 0 Å². The van der Waals surface area contributed by atoms with E-state index >= 15 is 0 Å². The van der Waals surface area contributed by atoms with E-state index in [1.54, 1.807) is 12.4 Å². The van der Waals surface area contributed by atoms with Gasteiger partial charge in [-0.05, 0) is 24.6 Å². The van der Waals surface area contributed by atoms with E-state index < -0.39 is 5.97 Å². The molecule has 2 atom stereocenters. The van der Waals surface area contributed by atoms with Crippen LogP contribution in [0.4, 0.5) is 0 Å². The molecule has 0 saturated carbocycles. The van der Waals surface area contributed by atoms with Crippen LogP contribution >= 0.6 is 0 Å². The smallest absolute Gasteiger partial charge is 0.305 e. The average Bonchev–Trinajstić information content (AvgIpc) is 2.39. The van der Waals surface area contributed by atoms with Crippen LogP contribution in [0.2, 0.25) is 0 Å². The highest BCUT2D eigenvalue weighted by Gasteiger charge is 2.29. The Morgan fingerprint density at radius 2 is 2.33 bits per heavy atom. The molecule has 1 saturated heterocycles. The van der Waals surface area contributed by atoms with Gasteiger partial charge in [0.1, 0.15) is 0 Å². The third kappa shape index (κ3) is 3.05. The second-order valence-electron chi connectivity index (χ2n) is 4.52. The molecular formula is C13H18N2O3. The summed E-state index contributed by atoms with van der Waals surface area (Å²) < 4.78 is 5.38. The summed E-state index contributed by atoms with van der Waals surface area (Å²) in [7, 11) is 0. The molecule has 1 fully saturated rings. The maximum Gasteiger partial charge on any atom is 0.305 e. The Morgan fingerprint density at radius 1 is 1.61 bits per heavy atom. The third-order valence-corrected chi connectivity index (χ3v) is 3.37. The lowest BCUT2D eigenvalue weighted by molar-refractivity contribution is -0.140. The molecule has 1 aromatic heterocycles. The Balaban J connectivity index is 2.11. The molecule has 5 nitrogen and oxygen atoms in total. The van der Waals surface area contributed by atoms with E-state index in [-0.39, 0.29) is 18.5 Å². The van der Waals surface area contributed by atoms with Gasteiger partial charge in [-0.15, -0.1) is 0 Å². The van der Waals surface area contributed by atoms with Crippen molar-refractivity contribution in [3.8, 4) is 0 Å². The minimum Gasteiger partial charge on any atom is -0.481 e. The number of ether oxygens (including phenoxy) is 1. The fourth-order valence-electron chi connectivity index (χ4n) is 2.39. The molecule has 0 amide bonds. The van der Waals surface area contributed by atoms with E-state index in [4.69, 9.17) is 9.84 Å². The summed E-state index contributed by atoms with van der Waals surface area (Å²) in [5.74, 6) is -0.780. The molecule has 1 aromatic rings. The number of pyridine rings is 1. The zero-order valence-corrected chi connectivity index (χ0v) is 10.5. The van der Waals surface area contributed by atoms with Gasteiger partial charge >= 0.3 is 5.97 Å². The largest absolute Gasteiger partial charge is 0.481 e. The van der Waals surface area contributed by atoms with Crippen LogP contribution in [0.25, 0.3) is 0 Å². The van der Waals surface area contributed by atoms with Gasteiger partial charge in [0.05, 0.1) is 19.6 Å². The summed E-state index contributed by atoms with van der Waals surface area (Å²) in [5.41, 5.74) is 1.15. The van der Waals surface area contributed by atoms with Crippen LogP contribution in [-0.2, 0) is 9.53 Å². The Morgan fingerprint density at radius 3 is 3.00 bits per heavy atom. The SMILES string of the molecule is CC(c1ccncc1)N1CCOCC1CC(=O)O. The third-order valence-electron chi connectivity index (χ3n) is 3.37. The highest BCUT2D eigenvalue weighted by Crippen LogP contribution is 2.25. The molecule has 98 valence electrons. The van der Waals surface area contributed by atoms with Crippen molar-refractivity contribution in [1.82, 2.24) is 9.88 Å². The molecule has 0 spiro atoms. The molecule has 0 bridgehead atoms. The minimum absolute atomic E-state index is 0.0561. The van der Waals surface area contributed by atoms with Crippen molar-refractivity contribution in [1.29, 1.82) is 0 Å². The Bertz CT molecular complexity index is 396. The van der Waals surface area contributed by atoms with Gasteiger partial charge in [0.15, 0.2) is 0 Å². The standard InChI is InChI=1S/C13H18N2O3/c1-10(11-2-4-14-5-3-11)15-6-7-18-9-12(15)8-13(16)17/h2-5,10,12H,6-9H2,1H3,(H,16,17). The summed E-state index contributed by atoms with van der Waals surface area (Å²) >= 11 is 0. The van der Waals surface area contributed by atoms with Crippen LogP contribution in [0.15, 0.2) is 24.5 Å². The van der Waals surface area contributed by atoms with E-state index in [1.807, 2.05) is 12.1 Å². The van der Waals surface area contributed by atoms with Gasteiger partial charge in [0.25, 0.3) is 0 Å². The first-order chi connectivity index (χ1) is 8.68. The molecular weight excluding hydrogens is 232 g/mol. The van der Waals surface area contributed by atoms with E-state index in [9.17, 15) is 4.79 Å². The minimum atomic E-state index is -0.780. The fraction of sp³-hybridized carbons (Fsp3) is 0.538. The summed E-state index contributed by atoms with van der Waals surface area (Å²) in [6, 6.07) is 4.07. The molecule has 1 N–H and O–H groups in total.